The van der Waals surface area contributed by atoms with Gasteiger partial charge in [-0.15, -0.1) is 0 Å². The van der Waals surface area contributed by atoms with Crippen molar-refractivity contribution in [3.8, 4) is 11.3 Å². The minimum Gasteiger partial charge on any atom is -0.376 e. The zero-order valence-corrected chi connectivity index (χ0v) is 13.9. The summed E-state index contributed by atoms with van der Waals surface area (Å²) in [7, 11) is 0. The van der Waals surface area contributed by atoms with Crippen molar-refractivity contribution in [1.82, 2.24) is 9.97 Å². The van der Waals surface area contributed by atoms with Crippen LogP contribution < -0.4 is 5.56 Å². The van der Waals surface area contributed by atoms with Crippen LogP contribution in [0.4, 0.5) is 0 Å². The second kappa shape index (κ2) is 5.87. The summed E-state index contributed by atoms with van der Waals surface area (Å²) >= 11 is 0. The Balaban J connectivity index is 1.79. The van der Waals surface area contributed by atoms with E-state index in [0.29, 0.717) is 17.9 Å². The van der Waals surface area contributed by atoms with Crippen molar-refractivity contribution < 1.29 is 4.74 Å². The molecule has 0 spiro atoms. The third-order valence-corrected chi connectivity index (χ3v) is 4.48. The molecule has 1 aliphatic carbocycles. The van der Waals surface area contributed by atoms with Gasteiger partial charge in [0.05, 0.1) is 23.2 Å². The number of hydrogen-bond donors (Lipinski definition) is 1. The van der Waals surface area contributed by atoms with Crippen LogP contribution in [0.25, 0.3) is 22.2 Å². The Labute approximate surface area is 140 Å². The Morgan fingerprint density at radius 2 is 2.08 bits per heavy atom. The lowest BCUT2D eigenvalue weighted by atomic mass is 10.0. The predicted octanol–water partition coefficient (Wildman–Crippen LogP) is 3.67. The van der Waals surface area contributed by atoms with Gasteiger partial charge in [0.15, 0.2) is 0 Å². The standard InChI is InChI=1S/C20H20N2O2/c1-12(2)10-24-11-13-5-3-6-14-16(13)9-17-18-15(7-4-8-21-18)20(23)22-19(14)17/h3-8,12H,9-11H2,1-2H3,(H,22,23). The lowest BCUT2D eigenvalue weighted by Crippen LogP contribution is -2.09. The molecule has 2 aromatic heterocycles. The zero-order chi connectivity index (χ0) is 16.7. The molecule has 122 valence electrons. The largest absolute Gasteiger partial charge is 0.376 e. The van der Waals surface area contributed by atoms with Crippen LogP contribution in [0.2, 0.25) is 0 Å². The first kappa shape index (κ1) is 15.1. The molecule has 1 N–H and O–H groups in total. The van der Waals surface area contributed by atoms with Gasteiger partial charge >= 0.3 is 0 Å². The first-order chi connectivity index (χ1) is 11.6. The topological polar surface area (TPSA) is 55.0 Å². The molecule has 0 saturated carbocycles. The maximum Gasteiger partial charge on any atom is 0.257 e. The molecule has 0 unspecified atom stereocenters. The van der Waals surface area contributed by atoms with Gasteiger partial charge in [-0.05, 0) is 29.2 Å². The van der Waals surface area contributed by atoms with Crippen molar-refractivity contribution in [3.05, 3.63) is 63.6 Å². The van der Waals surface area contributed by atoms with Gasteiger partial charge in [0, 0.05) is 30.4 Å². The van der Waals surface area contributed by atoms with Gasteiger partial charge < -0.3 is 9.72 Å². The molecule has 24 heavy (non-hydrogen) atoms. The number of aromatic nitrogens is 2. The monoisotopic (exact) mass is 320 g/mol. The summed E-state index contributed by atoms with van der Waals surface area (Å²) in [6, 6.07) is 9.84. The van der Waals surface area contributed by atoms with Crippen molar-refractivity contribution in [2.45, 2.75) is 26.9 Å². The summed E-state index contributed by atoms with van der Waals surface area (Å²) in [5.41, 5.74) is 6.27. The van der Waals surface area contributed by atoms with Crippen LogP contribution in [-0.4, -0.2) is 16.6 Å². The molecular weight excluding hydrogens is 300 g/mol. The number of H-pyrrole nitrogens is 1. The average Bonchev–Trinajstić information content (AvgIpc) is 2.95. The Hall–Kier alpha value is -2.46. The van der Waals surface area contributed by atoms with Crippen LogP contribution >= 0.6 is 0 Å². The lowest BCUT2D eigenvalue weighted by Gasteiger charge is -2.10. The highest BCUT2D eigenvalue weighted by Gasteiger charge is 2.25. The molecule has 3 aromatic rings. The average molecular weight is 320 g/mol. The van der Waals surface area contributed by atoms with Crippen LogP contribution in [0.3, 0.4) is 0 Å². The van der Waals surface area contributed by atoms with E-state index < -0.39 is 0 Å². The Morgan fingerprint density at radius 1 is 1.21 bits per heavy atom. The summed E-state index contributed by atoms with van der Waals surface area (Å²) in [6.45, 7) is 5.64. The molecule has 0 radical (unpaired) electrons. The molecule has 0 aliphatic heterocycles. The fourth-order valence-corrected chi connectivity index (χ4v) is 3.40. The fourth-order valence-electron chi connectivity index (χ4n) is 3.40. The van der Waals surface area contributed by atoms with Gasteiger partial charge in [-0.3, -0.25) is 9.78 Å². The van der Waals surface area contributed by atoms with Crippen molar-refractivity contribution in [2.24, 2.45) is 5.92 Å². The second-order valence-electron chi connectivity index (χ2n) is 6.74. The summed E-state index contributed by atoms with van der Waals surface area (Å²) in [5.74, 6) is 0.517. The van der Waals surface area contributed by atoms with E-state index in [4.69, 9.17) is 4.74 Å². The third-order valence-electron chi connectivity index (χ3n) is 4.48. The van der Waals surface area contributed by atoms with Crippen molar-refractivity contribution >= 4 is 10.9 Å². The molecule has 2 heterocycles. The van der Waals surface area contributed by atoms with Crippen LogP contribution in [0.1, 0.15) is 30.5 Å². The fraction of sp³-hybridized carbons (Fsp3) is 0.300. The summed E-state index contributed by atoms with van der Waals surface area (Å²) in [6.07, 6.45) is 2.54. The summed E-state index contributed by atoms with van der Waals surface area (Å²) in [5, 5.41) is 0.654. The molecule has 0 atom stereocenters. The van der Waals surface area contributed by atoms with Gasteiger partial charge in [-0.2, -0.15) is 0 Å². The Kier molecular flexibility index (Phi) is 3.69. The number of nitrogens with one attached hydrogen (secondary N) is 1. The quantitative estimate of drug-likeness (QED) is 0.624. The number of benzene rings is 1. The van der Waals surface area contributed by atoms with E-state index in [2.05, 4.69) is 35.9 Å². The number of fused-ring (bicyclic) bond motifs is 5. The van der Waals surface area contributed by atoms with Crippen LogP contribution in [0.5, 0.6) is 0 Å². The molecule has 1 aromatic carbocycles. The number of hydrogen-bond acceptors (Lipinski definition) is 3. The minimum atomic E-state index is -0.0776. The number of pyridine rings is 2. The van der Waals surface area contributed by atoms with Gasteiger partial charge in [0.2, 0.25) is 0 Å². The predicted molar refractivity (Wildman–Crippen MR) is 95.1 cm³/mol. The van der Waals surface area contributed by atoms with Crippen molar-refractivity contribution in [1.29, 1.82) is 0 Å². The van der Waals surface area contributed by atoms with Gasteiger partial charge in [0.1, 0.15) is 0 Å². The van der Waals surface area contributed by atoms with E-state index in [-0.39, 0.29) is 5.56 Å². The molecule has 4 heteroatoms. The second-order valence-corrected chi connectivity index (χ2v) is 6.74. The molecular formula is C20H20N2O2. The number of aromatic amines is 1. The van der Waals surface area contributed by atoms with E-state index in [1.165, 1.54) is 11.1 Å². The highest BCUT2D eigenvalue weighted by Crippen LogP contribution is 2.38. The molecule has 4 nitrogen and oxygen atoms in total. The molecule has 0 amide bonds. The Bertz CT molecular complexity index is 973. The van der Waals surface area contributed by atoms with E-state index >= 15 is 0 Å². The first-order valence-electron chi connectivity index (χ1n) is 8.34. The van der Waals surface area contributed by atoms with E-state index in [1.807, 2.05) is 12.1 Å². The smallest absolute Gasteiger partial charge is 0.257 e. The van der Waals surface area contributed by atoms with Crippen LogP contribution in [-0.2, 0) is 17.8 Å². The van der Waals surface area contributed by atoms with Crippen molar-refractivity contribution in [3.63, 3.8) is 0 Å². The molecule has 0 bridgehead atoms. The first-order valence-corrected chi connectivity index (χ1v) is 8.34. The molecule has 0 saturated heterocycles. The SMILES string of the molecule is CC(C)COCc1cccc2c1Cc1c-2[nH]c(=O)c2cccnc12. The van der Waals surface area contributed by atoms with Crippen LogP contribution in [0.15, 0.2) is 41.3 Å². The normalized spacial score (nSPS) is 12.6. The molecule has 0 fully saturated rings. The van der Waals surface area contributed by atoms with Gasteiger partial charge in [0.25, 0.3) is 5.56 Å². The van der Waals surface area contributed by atoms with E-state index in [1.54, 1.807) is 12.3 Å². The minimum absolute atomic E-state index is 0.0776. The lowest BCUT2D eigenvalue weighted by molar-refractivity contribution is 0.0967. The van der Waals surface area contributed by atoms with E-state index in [9.17, 15) is 4.79 Å². The number of nitrogens with zero attached hydrogens (tertiary/aromatic N) is 1. The number of rotatable bonds is 4. The van der Waals surface area contributed by atoms with Gasteiger partial charge in [-0.25, -0.2) is 0 Å². The summed E-state index contributed by atoms with van der Waals surface area (Å²) in [4.78, 5) is 19.9. The maximum absolute atomic E-state index is 12.4. The maximum atomic E-state index is 12.4. The van der Waals surface area contributed by atoms with Crippen molar-refractivity contribution in [2.75, 3.05) is 6.61 Å². The molecule has 1 aliphatic rings. The summed E-state index contributed by atoms with van der Waals surface area (Å²) < 4.78 is 5.83. The van der Waals surface area contributed by atoms with Gasteiger partial charge in [-0.1, -0.05) is 32.0 Å². The molecule has 4 rings (SSSR count). The highest BCUT2D eigenvalue weighted by molar-refractivity contribution is 5.90. The zero-order valence-electron chi connectivity index (χ0n) is 13.9. The van der Waals surface area contributed by atoms with Crippen LogP contribution in [0, 0.1) is 5.92 Å². The van der Waals surface area contributed by atoms with E-state index in [0.717, 1.165) is 35.4 Å². The third kappa shape index (κ3) is 2.43. The number of ether oxygens (including phenoxy) is 1. The highest BCUT2D eigenvalue weighted by atomic mass is 16.5. The Morgan fingerprint density at radius 3 is 2.92 bits per heavy atom.